The molecular formula is C10H8N3O2. The van der Waals surface area contributed by atoms with Crippen LogP contribution in [0.1, 0.15) is 0 Å². The summed E-state index contributed by atoms with van der Waals surface area (Å²) in [5.74, 6) is 0. The van der Waals surface area contributed by atoms with Crippen molar-refractivity contribution >= 4 is 5.69 Å². The quantitative estimate of drug-likeness (QED) is 0.551. The van der Waals surface area contributed by atoms with Crippen molar-refractivity contribution in [1.29, 1.82) is 0 Å². The molecule has 0 N–H and O–H groups in total. The monoisotopic (exact) mass is 202 g/mol. The number of nitro benzene ring substituents is 1. The van der Waals surface area contributed by atoms with E-state index in [1.807, 2.05) is 0 Å². The Morgan fingerprint density at radius 2 is 2.07 bits per heavy atom. The highest BCUT2D eigenvalue weighted by Crippen LogP contribution is 2.20. The van der Waals surface area contributed by atoms with E-state index >= 15 is 0 Å². The zero-order chi connectivity index (χ0) is 10.8. The second-order valence-corrected chi connectivity index (χ2v) is 3.07. The number of aryl methyl sites for hydroxylation is 1. The highest BCUT2D eigenvalue weighted by atomic mass is 16.6. The smallest absolute Gasteiger partial charge is 0.267 e. The van der Waals surface area contributed by atoms with Crippen LogP contribution in [0.4, 0.5) is 5.69 Å². The van der Waals surface area contributed by atoms with E-state index in [1.54, 1.807) is 30.1 Å². The van der Waals surface area contributed by atoms with E-state index in [4.69, 9.17) is 0 Å². The first kappa shape index (κ1) is 9.39. The van der Waals surface area contributed by atoms with E-state index in [0.29, 0.717) is 0 Å². The first-order valence-corrected chi connectivity index (χ1v) is 4.33. The molecule has 0 spiro atoms. The molecular weight excluding hydrogens is 194 g/mol. The molecule has 75 valence electrons. The molecule has 15 heavy (non-hydrogen) atoms. The van der Waals surface area contributed by atoms with Gasteiger partial charge < -0.3 is 0 Å². The predicted molar refractivity (Wildman–Crippen MR) is 54.1 cm³/mol. The van der Waals surface area contributed by atoms with Gasteiger partial charge in [-0.15, -0.1) is 0 Å². The zero-order valence-corrected chi connectivity index (χ0v) is 8.04. The number of nitro groups is 1. The van der Waals surface area contributed by atoms with Crippen LogP contribution in [-0.4, -0.2) is 14.7 Å². The number of rotatable bonds is 2. The van der Waals surface area contributed by atoms with Crippen molar-refractivity contribution in [2.24, 2.45) is 7.05 Å². The van der Waals surface area contributed by atoms with Crippen molar-refractivity contribution in [3.05, 3.63) is 46.6 Å². The first-order valence-electron chi connectivity index (χ1n) is 4.33. The van der Waals surface area contributed by atoms with Gasteiger partial charge in [-0.1, -0.05) is 0 Å². The summed E-state index contributed by atoms with van der Waals surface area (Å²) in [6, 6.07) is 9.26. The minimum atomic E-state index is -0.420. The lowest BCUT2D eigenvalue weighted by Gasteiger charge is -2.00. The third-order valence-corrected chi connectivity index (χ3v) is 2.11. The number of nitrogens with zero attached hydrogens (tertiary/aromatic N) is 3. The van der Waals surface area contributed by atoms with Crippen molar-refractivity contribution in [2.75, 3.05) is 0 Å². The Hall–Kier alpha value is -2.17. The van der Waals surface area contributed by atoms with Gasteiger partial charge in [0.15, 0.2) is 0 Å². The maximum Gasteiger partial charge on any atom is 0.269 e. The van der Waals surface area contributed by atoms with Gasteiger partial charge in [-0.25, -0.2) is 0 Å². The molecule has 0 bridgehead atoms. The van der Waals surface area contributed by atoms with Gasteiger partial charge in [-0.2, -0.15) is 5.10 Å². The van der Waals surface area contributed by atoms with Crippen LogP contribution < -0.4 is 0 Å². The fourth-order valence-corrected chi connectivity index (χ4v) is 1.34. The molecule has 0 atom stereocenters. The summed E-state index contributed by atoms with van der Waals surface area (Å²) in [6.07, 6.45) is 1.57. The topological polar surface area (TPSA) is 61.0 Å². The van der Waals surface area contributed by atoms with Gasteiger partial charge in [0.2, 0.25) is 0 Å². The van der Waals surface area contributed by atoms with Crippen molar-refractivity contribution in [1.82, 2.24) is 9.78 Å². The predicted octanol–water partition coefficient (Wildman–Crippen LogP) is 1.80. The Kier molecular flexibility index (Phi) is 2.21. The van der Waals surface area contributed by atoms with Crippen LogP contribution in [0.25, 0.3) is 11.3 Å². The van der Waals surface area contributed by atoms with E-state index in [-0.39, 0.29) is 5.69 Å². The standard InChI is InChI=1S/C10H8N3O2/c1-12-10(6-7-11-12)8-2-4-9(5-3-8)13(14)15/h2-5,7H,1H3. The van der Waals surface area contributed by atoms with Crippen LogP contribution in [0.5, 0.6) is 0 Å². The average Bonchev–Trinajstić information content (AvgIpc) is 2.65. The fraction of sp³-hybridized carbons (Fsp3) is 0.100. The largest absolute Gasteiger partial charge is 0.269 e. The summed E-state index contributed by atoms with van der Waals surface area (Å²) >= 11 is 0. The summed E-state index contributed by atoms with van der Waals surface area (Å²) in [7, 11) is 1.80. The van der Waals surface area contributed by atoms with E-state index in [9.17, 15) is 10.1 Å². The highest BCUT2D eigenvalue weighted by molar-refractivity contribution is 5.60. The molecule has 1 heterocycles. The van der Waals surface area contributed by atoms with Crippen molar-refractivity contribution in [2.45, 2.75) is 0 Å². The molecule has 1 radical (unpaired) electrons. The Bertz CT molecular complexity index is 488. The maximum atomic E-state index is 10.4. The molecule has 0 aliphatic heterocycles. The minimum absolute atomic E-state index is 0.0842. The number of hydrogen-bond donors (Lipinski definition) is 0. The lowest BCUT2D eigenvalue weighted by Crippen LogP contribution is -1.93. The molecule has 0 unspecified atom stereocenters. The van der Waals surface area contributed by atoms with Gasteiger partial charge in [-0.05, 0) is 12.1 Å². The van der Waals surface area contributed by atoms with Gasteiger partial charge in [-0.3, -0.25) is 14.8 Å². The number of hydrogen-bond acceptors (Lipinski definition) is 3. The molecule has 1 aromatic carbocycles. The summed E-state index contributed by atoms with van der Waals surface area (Å²) in [4.78, 5) is 10.0. The fourth-order valence-electron chi connectivity index (χ4n) is 1.34. The third-order valence-electron chi connectivity index (χ3n) is 2.11. The molecule has 0 aliphatic carbocycles. The molecule has 0 saturated carbocycles. The summed E-state index contributed by atoms with van der Waals surface area (Å²) in [6.45, 7) is 0. The molecule has 1 aromatic heterocycles. The third kappa shape index (κ3) is 1.71. The Morgan fingerprint density at radius 3 is 2.53 bits per heavy atom. The molecule has 5 heteroatoms. The van der Waals surface area contributed by atoms with Gasteiger partial charge in [0.05, 0.1) is 16.8 Å². The van der Waals surface area contributed by atoms with Gasteiger partial charge in [0.1, 0.15) is 0 Å². The van der Waals surface area contributed by atoms with E-state index in [1.165, 1.54) is 12.1 Å². The minimum Gasteiger partial charge on any atom is -0.267 e. The highest BCUT2D eigenvalue weighted by Gasteiger charge is 2.07. The molecule has 2 aromatic rings. The molecule has 0 amide bonds. The zero-order valence-electron chi connectivity index (χ0n) is 8.04. The molecule has 0 fully saturated rings. The van der Waals surface area contributed by atoms with Crippen molar-refractivity contribution in [3.63, 3.8) is 0 Å². The van der Waals surface area contributed by atoms with Crippen molar-refractivity contribution < 1.29 is 4.92 Å². The molecule has 0 saturated heterocycles. The van der Waals surface area contributed by atoms with Crippen LogP contribution in [0.15, 0.2) is 30.5 Å². The van der Waals surface area contributed by atoms with E-state index in [2.05, 4.69) is 11.2 Å². The first-order chi connectivity index (χ1) is 7.18. The van der Waals surface area contributed by atoms with Crippen LogP contribution in [0.2, 0.25) is 0 Å². The lowest BCUT2D eigenvalue weighted by atomic mass is 10.1. The number of non-ortho nitro benzene ring substituents is 1. The van der Waals surface area contributed by atoms with Crippen LogP contribution >= 0.6 is 0 Å². The van der Waals surface area contributed by atoms with Gasteiger partial charge in [0, 0.05) is 30.8 Å². The van der Waals surface area contributed by atoms with Crippen LogP contribution in [-0.2, 0) is 7.05 Å². The molecule has 2 rings (SSSR count). The Morgan fingerprint density at radius 1 is 1.40 bits per heavy atom. The summed E-state index contributed by atoms with van der Waals surface area (Å²) in [5.41, 5.74) is 1.76. The molecule has 0 aliphatic rings. The van der Waals surface area contributed by atoms with Crippen molar-refractivity contribution in [3.8, 4) is 11.3 Å². The molecule has 5 nitrogen and oxygen atoms in total. The second kappa shape index (κ2) is 3.53. The van der Waals surface area contributed by atoms with Crippen LogP contribution in [0, 0.1) is 16.2 Å². The SMILES string of the molecule is Cn1nc[c]c1-c1ccc([N+](=O)[O-])cc1. The van der Waals surface area contributed by atoms with E-state index < -0.39 is 4.92 Å². The van der Waals surface area contributed by atoms with E-state index in [0.717, 1.165) is 11.3 Å². The number of aromatic nitrogens is 2. The van der Waals surface area contributed by atoms with Gasteiger partial charge >= 0.3 is 0 Å². The Labute approximate surface area is 86.1 Å². The average molecular weight is 202 g/mol. The summed E-state index contributed by atoms with van der Waals surface area (Å²) < 4.78 is 1.67. The lowest BCUT2D eigenvalue weighted by molar-refractivity contribution is -0.384. The van der Waals surface area contributed by atoms with Gasteiger partial charge in [0.25, 0.3) is 5.69 Å². The summed E-state index contributed by atoms with van der Waals surface area (Å²) in [5, 5.41) is 14.4. The Balaban J connectivity index is 2.40. The number of benzene rings is 1. The second-order valence-electron chi connectivity index (χ2n) is 3.07. The normalized spacial score (nSPS) is 10.2. The van der Waals surface area contributed by atoms with Crippen LogP contribution in [0.3, 0.4) is 0 Å². The maximum absolute atomic E-state index is 10.4.